The van der Waals surface area contributed by atoms with Crippen LogP contribution in [0, 0.1) is 29.5 Å². The number of ether oxygens (including phenoxy) is 1. The number of carbonyl (C=O) groups excluding carboxylic acids is 3. The smallest absolute Gasteiger partial charge is 0.407 e. The Morgan fingerprint density at radius 1 is 1.04 bits per heavy atom. The van der Waals surface area contributed by atoms with E-state index < -0.39 is 47.9 Å². The van der Waals surface area contributed by atoms with E-state index in [9.17, 15) is 33.1 Å². The number of benzene rings is 1. The maximum atomic E-state index is 14.8. The zero-order valence-corrected chi connectivity index (χ0v) is 26.9. The number of nitrogens with one attached hydrogen (secondary N) is 3. The van der Waals surface area contributed by atoms with Gasteiger partial charge in [0, 0.05) is 29.1 Å². The third-order valence-corrected chi connectivity index (χ3v) is 10.0. The van der Waals surface area contributed by atoms with Crippen molar-refractivity contribution in [3.8, 4) is 0 Å². The minimum Gasteiger partial charge on any atom is -0.476 e. The lowest BCUT2D eigenvalue weighted by molar-refractivity contribution is -0.142. The van der Waals surface area contributed by atoms with E-state index in [1.807, 2.05) is 0 Å². The highest BCUT2D eigenvalue weighted by Gasteiger charge is 2.47. The number of alkyl carbamates (subject to hydrolysis) is 1. The SMILES string of the molecule is CC(C)(C)OC(=O)NC(CF)C1CCC(C(=O)N2CC[C@@H](C3CCCCC3)[C@H]2C(=O)Nc2ccc3[nH]c(C(=O)O)c(F)c3c2)CC1. The molecule has 3 atom stereocenters. The minimum atomic E-state index is -1.41. The number of carboxylic acids is 1. The number of aromatic nitrogens is 1. The molecular weight excluding hydrogens is 598 g/mol. The van der Waals surface area contributed by atoms with E-state index in [0.29, 0.717) is 49.4 Å². The molecule has 1 saturated heterocycles. The zero-order chi connectivity index (χ0) is 33.2. The van der Waals surface area contributed by atoms with Crippen molar-refractivity contribution in [2.75, 3.05) is 18.5 Å². The molecular formula is C34H46F2N4O6. The van der Waals surface area contributed by atoms with Gasteiger partial charge in [0.15, 0.2) is 11.5 Å². The molecule has 1 unspecified atom stereocenters. The Labute approximate surface area is 268 Å². The lowest BCUT2D eigenvalue weighted by Crippen LogP contribution is -2.50. The number of hydrogen-bond acceptors (Lipinski definition) is 5. The van der Waals surface area contributed by atoms with E-state index >= 15 is 0 Å². The van der Waals surface area contributed by atoms with E-state index in [4.69, 9.17) is 4.74 Å². The van der Waals surface area contributed by atoms with Crippen molar-refractivity contribution in [2.45, 2.75) is 103 Å². The van der Waals surface area contributed by atoms with E-state index in [-0.39, 0.29) is 35.0 Å². The minimum absolute atomic E-state index is 0.000810. The number of H-pyrrole nitrogens is 1. The summed E-state index contributed by atoms with van der Waals surface area (Å²) >= 11 is 0. The van der Waals surface area contributed by atoms with E-state index in [2.05, 4.69) is 15.6 Å². The predicted octanol–water partition coefficient (Wildman–Crippen LogP) is 6.41. The molecule has 3 aliphatic rings. The van der Waals surface area contributed by atoms with Gasteiger partial charge in [0.05, 0.1) is 6.04 Å². The predicted molar refractivity (Wildman–Crippen MR) is 169 cm³/mol. The molecule has 3 fully saturated rings. The van der Waals surface area contributed by atoms with Crippen LogP contribution in [0.2, 0.25) is 0 Å². The van der Waals surface area contributed by atoms with Crippen LogP contribution in [0.3, 0.4) is 0 Å². The van der Waals surface area contributed by atoms with E-state index in [1.54, 1.807) is 31.7 Å². The first-order valence-electron chi connectivity index (χ1n) is 16.6. The third kappa shape index (κ3) is 7.47. The van der Waals surface area contributed by atoms with Gasteiger partial charge in [0.2, 0.25) is 11.8 Å². The molecule has 1 aromatic heterocycles. The van der Waals surface area contributed by atoms with Crippen LogP contribution in [-0.2, 0) is 14.3 Å². The Kier molecular flexibility index (Phi) is 10.2. The third-order valence-electron chi connectivity index (χ3n) is 10.0. The number of rotatable bonds is 8. The van der Waals surface area contributed by atoms with Crippen LogP contribution < -0.4 is 10.6 Å². The van der Waals surface area contributed by atoms with Crippen LogP contribution in [0.1, 0.15) is 95.5 Å². The van der Waals surface area contributed by atoms with Gasteiger partial charge in [-0.2, -0.15) is 0 Å². The molecule has 1 aliphatic heterocycles. The molecule has 2 aliphatic carbocycles. The van der Waals surface area contributed by atoms with Gasteiger partial charge >= 0.3 is 12.1 Å². The fourth-order valence-electron chi connectivity index (χ4n) is 7.80. The Hall–Kier alpha value is -3.70. The number of hydrogen-bond donors (Lipinski definition) is 4. The summed E-state index contributed by atoms with van der Waals surface area (Å²) in [5.41, 5.74) is -0.615. The maximum Gasteiger partial charge on any atom is 0.407 e. The number of nitrogens with zero attached hydrogens (tertiary/aromatic N) is 1. The monoisotopic (exact) mass is 644 g/mol. The molecule has 2 aromatic rings. The molecule has 2 heterocycles. The largest absolute Gasteiger partial charge is 0.476 e. The highest BCUT2D eigenvalue weighted by Crippen LogP contribution is 2.41. The number of fused-ring (bicyclic) bond motifs is 1. The fourth-order valence-corrected chi connectivity index (χ4v) is 7.80. The topological polar surface area (TPSA) is 141 Å². The van der Waals surface area contributed by atoms with Gasteiger partial charge in [-0.3, -0.25) is 9.59 Å². The summed E-state index contributed by atoms with van der Waals surface area (Å²) in [6.07, 6.45) is 7.63. The number of carboxylic acid groups (broad SMARTS) is 1. The maximum absolute atomic E-state index is 14.8. The van der Waals surface area contributed by atoms with Crippen LogP contribution in [0.5, 0.6) is 0 Å². The Morgan fingerprint density at radius 3 is 2.37 bits per heavy atom. The first-order valence-corrected chi connectivity index (χ1v) is 16.6. The number of carbonyl (C=O) groups is 4. The molecule has 3 amide bonds. The first kappa shape index (κ1) is 33.7. The number of amides is 3. The van der Waals surface area contributed by atoms with Crippen LogP contribution in [-0.4, -0.2) is 69.8 Å². The van der Waals surface area contributed by atoms with E-state index in [1.165, 1.54) is 12.1 Å². The molecule has 0 spiro atoms. The second-order valence-corrected chi connectivity index (χ2v) is 14.2. The quantitative estimate of drug-likeness (QED) is 0.262. The van der Waals surface area contributed by atoms with Gasteiger partial charge in [0.25, 0.3) is 0 Å². The lowest BCUT2D eigenvalue weighted by Gasteiger charge is -2.37. The van der Waals surface area contributed by atoms with E-state index in [0.717, 1.165) is 38.5 Å². The zero-order valence-electron chi connectivity index (χ0n) is 26.9. The molecule has 252 valence electrons. The average molecular weight is 645 g/mol. The summed E-state index contributed by atoms with van der Waals surface area (Å²) in [6.45, 7) is 4.98. The number of anilines is 1. The second-order valence-electron chi connectivity index (χ2n) is 14.2. The van der Waals surface area contributed by atoms with Gasteiger partial charge in [-0.05, 0) is 88.8 Å². The molecule has 46 heavy (non-hydrogen) atoms. The Bertz CT molecular complexity index is 1440. The highest BCUT2D eigenvalue weighted by atomic mass is 19.1. The molecule has 5 rings (SSSR count). The van der Waals surface area contributed by atoms with Crippen molar-refractivity contribution in [1.82, 2.24) is 15.2 Å². The van der Waals surface area contributed by atoms with Crippen molar-refractivity contribution < 1.29 is 37.8 Å². The van der Waals surface area contributed by atoms with Gasteiger partial charge in [-0.1, -0.05) is 32.1 Å². The average Bonchev–Trinajstić information content (AvgIpc) is 3.61. The fraction of sp³-hybridized carbons (Fsp3) is 0.647. The normalized spacial score (nSPS) is 24.8. The summed E-state index contributed by atoms with van der Waals surface area (Å²) in [6, 6.07) is 3.16. The number of halogens is 2. The van der Waals surface area contributed by atoms with Crippen LogP contribution in [0.25, 0.3) is 10.9 Å². The standard InChI is InChI=1S/C34H46F2N4O6/c1-34(2,3)46-33(45)39-26(18-35)20-9-11-21(12-10-20)31(42)40-16-15-23(19-7-5-4-6-8-19)29(40)30(41)37-22-13-14-25-24(17-22)27(36)28(38-25)32(43)44/h13-14,17,19-21,23,26,29,38H,4-12,15-16,18H2,1-3H3,(H,37,41)(H,39,45)(H,43,44)/t20?,21?,23-,26?,29-/m0/s1. The Balaban J connectivity index is 1.29. The second kappa shape index (κ2) is 14.0. The summed E-state index contributed by atoms with van der Waals surface area (Å²) in [4.78, 5) is 56.0. The first-order chi connectivity index (χ1) is 21.9. The van der Waals surface area contributed by atoms with Crippen molar-refractivity contribution in [2.24, 2.45) is 23.7 Å². The van der Waals surface area contributed by atoms with Crippen LogP contribution in [0.4, 0.5) is 19.3 Å². The highest BCUT2D eigenvalue weighted by molar-refractivity contribution is 6.01. The van der Waals surface area contributed by atoms with Crippen molar-refractivity contribution in [3.63, 3.8) is 0 Å². The van der Waals surface area contributed by atoms with Crippen molar-refractivity contribution >= 4 is 40.5 Å². The summed E-state index contributed by atoms with van der Waals surface area (Å²) in [7, 11) is 0. The molecule has 1 aromatic carbocycles. The molecule has 0 bridgehead atoms. The molecule has 0 radical (unpaired) electrons. The number of aromatic carboxylic acids is 1. The van der Waals surface area contributed by atoms with Gasteiger partial charge in [-0.25, -0.2) is 18.4 Å². The summed E-state index contributed by atoms with van der Waals surface area (Å²) in [5.74, 6) is -2.83. The molecule has 12 heteroatoms. The van der Waals surface area contributed by atoms with Crippen molar-refractivity contribution in [1.29, 1.82) is 0 Å². The number of aromatic amines is 1. The van der Waals surface area contributed by atoms with Crippen LogP contribution >= 0.6 is 0 Å². The number of likely N-dealkylation sites (tertiary alicyclic amines) is 1. The molecule has 10 nitrogen and oxygen atoms in total. The van der Waals surface area contributed by atoms with Gasteiger partial charge in [-0.15, -0.1) is 0 Å². The number of alkyl halides is 1. The van der Waals surface area contributed by atoms with Crippen molar-refractivity contribution in [3.05, 3.63) is 29.7 Å². The lowest BCUT2D eigenvalue weighted by atomic mass is 9.76. The molecule has 4 N–H and O–H groups in total. The Morgan fingerprint density at radius 2 is 1.74 bits per heavy atom. The summed E-state index contributed by atoms with van der Waals surface area (Å²) in [5, 5.41) is 14.9. The summed E-state index contributed by atoms with van der Waals surface area (Å²) < 4.78 is 34.1. The van der Waals surface area contributed by atoms with Crippen LogP contribution in [0.15, 0.2) is 18.2 Å². The van der Waals surface area contributed by atoms with Gasteiger partial charge < -0.3 is 30.4 Å². The molecule has 2 saturated carbocycles. The van der Waals surface area contributed by atoms with Gasteiger partial charge in [0.1, 0.15) is 18.3 Å².